The summed E-state index contributed by atoms with van der Waals surface area (Å²) in [5, 5.41) is 21.0. The molecule has 0 radical (unpaired) electrons. The standard InChI is InChI=1S/C16H23NO4/c1-5-16(6-2)14(18)9-15(16)21-13-8-10(3)12(17(19)20)7-11(13)4/h7-8,14-15,18H,5-6,9H2,1-4H3. The highest BCUT2D eigenvalue weighted by atomic mass is 16.6. The van der Waals surface area contributed by atoms with Crippen LogP contribution in [0, 0.1) is 29.4 Å². The van der Waals surface area contributed by atoms with E-state index in [2.05, 4.69) is 13.8 Å². The minimum atomic E-state index is -0.373. The number of aliphatic hydroxyl groups is 1. The highest BCUT2D eigenvalue weighted by Crippen LogP contribution is 2.49. The second-order valence-electron chi connectivity index (χ2n) is 5.96. The molecule has 1 fully saturated rings. The van der Waals surface area contributed by atoms with Crippen LogP contribution < -0.4 is 4.74 Å². The van der Waals surface area contributed by atoms with Gasteiger partial charge in [0.2, 0.25) is 0 Å². The molecule has 0 aliphatic heterocycles. The fourth-order valence-electron chi connectivity index (χ4n) is 3.32. The van der Waals surface area contributed by atoms with Crippen molar-refractivity contribution in [1.82, 2.24) is 0 Å². The Balaban J connectivity index is 2.25. The maximum absolute atomic E-state index is 10.9. The molecule has 0 bridgehead atoms. The Morgan fingerprint density at radius 3 is 2.43 bits per heavy atom. The zero-order chi connectivity index (χ0) is 15.8. The summed E-state index contributed by atoms with van der Waals surface area (Å²) in [5.41, 5.74) is 1.28. The molecule has 1 aliphatic rings. The molecule has 0 amide bonds. The molecule has 0 spiro atoms. The Bertz CT molecular complexity index is 551. The number of nitro benzene ring substituents is 1. The van der Waals surface area contributed by atoms with E-state index in [0.29, 0.717) is 17.7 Å². The minimum Gasteiger partial charge on any atom is -0.489 e. The number of benzene rings is 1. The lowest BCUT2D eigenvalue weighted by atomic mass is 9.60. The van der Waals surface area contributed by atoms with Crippen LogP contribution in [-0.2, 0) is 0 Å². The van der Waals surface area contributed by atoms with Gasteiger partial charge < -0.3 is 9.84 Å². The lowest BCUT2D eigenvalue weighted by Crippen LogP contribution is -2.59. The molecule has 1 aromatic rings. The highest BCUT2D eigenvalue weighted by Gasteiger charge is 2.53. The van der Waals surface area contributed by atoms with E-state index in [-0.39, 0.29) is 28.2 Å². The number of rotatable bonds is 5. The van der Waals surface area contributed by atoms with Gasteiger partial charge in [0.05, 0.1) is 11.0 Å². The third-order valence-electron chi connectivity index (χ3n) is 5.02. The molecule has 1 aliphatic carbocycles. The number of hydrogen-bond donors (Lipinski definition) is 1. The van der Waals surface area contributed by atoms with Crippen LogP contribution >= 0.6 is 0 Å². The van der Waals surface area contributed by atoms with Crippen LogP contribution in [-0.4, -0.2) is 22.2 Å². The van der Waals surface area contributed by atoms with Gasteiger partial charge in [-0.2, -0.15) is 0 Å². The van der Waals surface area contributed by atoms with Crippen molar-refractivity contribution in [2.45, 2.75) is 59.2 Å². The van der Waals surface area contributed by atoms with E-state index in [1.165, 1.54) is 0 Å². The first kappa shape index (κ1) is 15.8. The zero-order valence-electron chi connectivity index (χ0n) is 13.0. The number of nitrogens with zero attached hydrogens (tertiary/aromatic N) is 1. The number of aliphatic hydroxyl groups excluding tert-OH is 1. The van der Waals surface area contributed by atoms with Crippen molar-refractivity contribution < 1.29 is 14.8 Å². The highest BCUT2D eigenvalue weighted by molar-refractivity contribution is 5.49. The summed E-state index contributed by atoms with van der Waals surface area (Å²) in [7, 11) is 0. The Kier molecular flexibility index (Phi) is 4.23. The lowest BCUT2D eigenvalue weighted by molar-refractivity contribution is -0.385. The SMILES string of the molecule is CCC1(CC)C(O)CC1Oc1cc(C)c([N+](=O)[O-])cc1C. The van der Waals surface area contributed by atoms with Crippen molar-refractivity contribution in [1.29, 1.82) is 0 Å². The third-order valence-corrected chi connectivity index (χ3v) is 5.02. The van der Waals surface area contributed by atoms with Crippen molar-refractivity contribution in [3.8, 4) is 5.75 Å². The van der Waals surface area contributed by atoms with Gasteiger partial charge in [0, 0.05) is 23.5 Å². The largest absolute Gasteiger partial charge is 0.489 e. The summed E-state index contributed by atoms with van der Waals surface area (Å²) in [6, 6.07) is 3.29. The van der Waals surface area contributed by atoms with Crippen molar-refractivity contribution in [3.05, 3.63) is 33.4 Å². The van der Waals surface area contributed by atoms with Gasteiger partial charge in [-0.05, 0) is 38.3 Å². The first-order chi connectivity index (χ1) is 9.85. The van der Waals surface area contributed by atoms with Crippen LogP contribution in [0.15, 0.2) is 12.1 Å². The van der Waals surface area contributed by atoms with E-state index in [4.69, 9.17) is 4.74 Å². The van der Waals surface area contributed by atoms with Crippen molar-refractivity contribution >= 4 is 5.69 Å². The van der Waals surface area contributed by atoms with E-state index in [9.17, 15) is 15.2 Å². The molecular weight excluding hydrogens is 270 g/mol. The Hall–Kier alpha value is -1.62. The first-order valence-electron chi connectivity index (χ1n) is 7.46. The molecule has 2 unspecified atom stereocenters. The molecule has 21 heavy (non-hydrogen) atoms. The molecule has 116 valence electrons. The van der Waals surface area contributed by atoms with Crippen LogP contribution in [0.1, 0.15) is 44.2 Å². The summed E-state index contributed by atoms with van der Waals surface area (Å²) in [5.74, 6) is 0.682. The van der Waals surface area contributed by atoms with Crippen LogP contribution in [0.3, 0.4) is 0 Å². The molecular formula is C16H23NO4. The van der Waals surface area contributed by atoms with E-state index in [0.717, 1.165) is 18.4 Å². The van der Waals surface area contributed by atoms with Crippen LogP contribution in [0.2, 0.25) is 0 Å². The van der Waals surface area contributed by atoms with Crippen molar-refractivity contribution in [2.75, 3.05) is 0 Å². The zero-order valence-corrected chi connectivity index (χ0v) is 13.0. The molecule has 0 saturated heterocycles. The monoisotopic (exact) mass is 293 g/mol. The molecule has 1 N–H and O–H groups in total. The fraction of sp³-hybridized carbons (Fsp3) is 0.625. The van der Waals surface area contributed by atoms with Gasteiger partial charge in [-0.15, -0.1) is 0 Å². The summed E-state index contributed by atoms with van der Waals surface area (Å²) in [6.07, 6.45) is 2.00. The Morgan fingerprint density at radius 1 is 1.33 bits per heavy atom. The van der Waals surface area contributed by atoms with Crippen molar-refractivity contribution in [3.63, 3.8) is 0 Å². The topological polar surface area (TPSA) is 72.6 Å². The Labute approximate surface area is 125 Å². The van der Waals surface area contributed by atoms with Crippen LogP contribution in [0.4, 0.5) is 5.69 Å². The predicted octanol–water partition coefficient (Wildman–Crippen LogP) is 3.53. The number of nitro groups is 1. The molecule has 1 saturated carbocycles. The van der Waals surface area contributed by atoms with E-state index in [1.54, 1.807) is 19.1 Å². The van der Waals surface area contributed by atoms with Crippen LogP contribution in [0.5, 0.6) is 5.75 Å². The van der Waals surface area contributed by atoms with Gasteiger partial charge in [0.1, 0.15) is 11.9 Å². The quantitative estimate of drug-likeness (QED) is 0.666. The van der Waals surface area contributed by atoms with Crippen molar-refractivity contribution in [2.24, 2.45) is 5.41 Å². The molecule has 0 aromatic heterocycles. The average molecular weight is 293 g/mol. The summed E-state index contributed by atoms with van der Waals surface area (Å²) >= 11 is 0. The number of ether oxygens (including phenoxy) is 1. The summed E-state index contributed by atoms with van der Waals surface area (Å²) in [6.45, 7) is 7.66. The van der Waals surface area contributed by atoms with Crippen LogP contribution in [0.25, 0.3) is 0 Å². The molecule has 0 heterocycles. The smallest absolute Gasteiger partial charge is 0.272 e. The Morgan fingerprint density at radius 2 is 1.95 bits per heavy atom. The van der Waals surface area contributed by atoms with E-state index < -0.39 is 0 Å². The van der Waals surface area contributed by atoms with Gasteiger partial charge in [0.25, 0.3) is 5.69 Å². The maximum Gasteiger partial charge on any atom is 0.272 e. The first-order valence-corrected chi connectivity index (χ1v) is 7.46. The van der Waals surface area contributed by atoms with E-state index in [1.807, 2.05) is 6.92 Å². The minimum absolute atomic E-state index is 0.0259. The summed E-state index contributed by atoms with van der Waals surface area (Å²) in [4.78, 5) is 10.6. The number of hydrogen-bond acceptors (Lipinski definition) is 4. The predicted molar refractivity (Wildman–Crippen MR) is 80.6 cm³/mol. The van der Waals surface area contributed by atoms with Gasteiger partial charge in [0.15, 0.2) is 0 Å². The molecule has 5 nitrogen and oxygen atoms in total. The van der Waals surface area contributed by atoms with Gasteiger partial charge in [-0.3, -0.25) is 10.1 Å². The van der Waals surface area contributed by atoms with Gasteiger partial charge in [-0.25, -0.2) is 0 Å². The molecule has 1 aromatic carbocycles. The normalized spacial score (nSPS) is 23.5. The summed E-state index contributed by atoms with van der Waals surface area (Å²) < 4.78 is 6.08. The maximum atomic E-state index is 10.9. The van der Waals surface area contributed by atoms with Gasteiger partial charge in [-0.1, -0.05) is 13.8 Å². The fourth-order valence-corrected chi connectivity index (χ4v) is 3.32. The average Bonchev–Trinajstić information content (AvgIpc) is 2.43. The molecule has 2 atom stereocenters. The van der Waals surface area contributed by atoms with E-state index >= 15 is 0 Å². The second kappa shape index (κ2) is 5.64. The number of aryl methyl sites for hydroxylation is 2. The molecule has 2 rings (SSSR count). The lowest BCUT2D eigenvalue weighted by Gasteiger charge is -2.52. The van der Waals surface area contributed by atoms with Gasteiger partial charge >= 0.3 is 0 Å². The third kappa shape index (κ3) is 2.50. The molecule has 5 heteroatoms. The second-order valence-corrected chi connectivity index (χ2v) is 5.96.